The average molecular weight is 467 g/mol. The number of rotatable bonds is 8. The van der Waals surface area contributed by atoms with Crippen molar-refractivity contribution in [3.8, 4) is 0 Å². The van der Waals surface area contributed by atoms with Gasteiger partial charge in [-0.05, 0) is 35.1 Å². The molecule has 0 unspecified atom stereocenters. The smallest absolute Gasteiger partial charge is 0.239 e. The number of fused-ring (bicyclic) bond motifs is 1. The molecule has 6 nitrogen and oxygen atoms in total. The molecule has 0 aliphatic carbocycles. The summed E-state index contributed by atoms with van der Waals surface area (Å²) in [4.78, 5) is 26.2. The van der Waals surface area contributed by atoms with Crippen molar-refractivity contribution in [2.24, 2.45) is 11.7 Å². The van der Waals surface area contributed by atoms with Crippen LogP contribution in [0.25, 0.3) is 0 Å². The summed E-state index contributed by atoms with van der Waals surface area (Å²) < 4.78 is 0. The van der Waals surface area contributed by atoms with E-state index in [0.717, 1.165) is 25.1 Å². The lowest BCUT2D eigenvalue weighted by atomic mass is 10.1. The molecule has 8 heteroatoms. The van der Waals surface area contributed by atoms with E-state index in [2.05, 4.69) is 51.9 Å². The van der Waals surface area contributed by atoms with E-state index in [4.69, 9.17) is 5.73 Å². The van der Waals surface area contributed by atoms with Crippen LogP contribution >= 0.6 is 24.8 Å². The Hall–Kier alpha value is -2.28. The summed E-state index contributed by atoms with van der Waals surface area (Å²) in [6, 6.07) is 16.2. The molecule has 2 aromatic rings. The van der Waals surface area contributed by atoms with Crippen molar-refractivity contribution in [1.82, 2.24) is 10.6 Å². The van der Waals surface area contributed by atoms with E-state index in [1.807, 2.05) is 26.0 Å². The third kappa shape index (κ3) is 7.42. The van der Waals surface area contributed by atoms with E-state index in [9.17, 15) is 9.59 Å². The molecule has 4 N–H and O–H groups in total. The normalized spacial score (nSPS) is 13.0. The summed E-state index contributed by atoms with van der Waals surface area (Å²) in [5.41, 5.74) is 10.8. The van der Waals surface area contributed by atoms with Crippen LogP contribution in [0.5, 0.6) is 0 Å². The van der Waals surface area contributed by atoms with Crippen molar-refractivity contribution in [3.05, 3.63) is 65.2 Å². The van der Waals surface area contributed by atoms with Crippen molar-refractivity contribution in [2.75, 3.05) is 18.0 Å². The lowest BCUT2D eigenvalue weighted by Crippen LogP contribution is -2.47. The Morgan fingerprint density at radius 2 is 1.65 bits per heavy atom. The summed E-state index contributed by atoms with van der Waals surface area (Å²) in [6.07, 6.45) is 1.10. The minimum atomic E-state index is -0.599. The number of nitrogens with one attached hydrogen (secondary N) is 2. The number of hydrogen-bond donors (Lipinski definition) is 3. The van der Waals surface area contributed by atoms with Gasteiger partial charge in [-0.15, -0.1) is 24.8 Å². The van der Waals surface area contributed by atoms with Gasteiger partial charge < -0.3 is 21.3 Å². The Balaban J connectivity index is 0.00000240. The van der Waals surface area contributed by atoms with E-state index in [1.165, 1.54) is 16.8 Å². The van der Waals surface area contributed by atoms with Gasteiger partial charge >= 0.3 is 0 Å². The quantitative estimate of drug-likeness (QED) is 0.557. The van der Waals surface area contributed by atoms with Crippen LogP contribution in [-0.4, -0.2) is 30.9 Å². The molecule has 3 rings (SSSR count). The Kier molecular flexibility index (Phi) is 10.8. The van der Waals surface area contributed by atoms with Gasteiger partial charge in [0.25, 0.3) is 0 Å². The summed E-state index contributed by atoms with van der Waals surface area (Å²) in [5, 5.41) is 5.40. The van der Waals surface area contributed by atoms with E-state index in [1.54, 1.807) is 0 Å². The van der Waals surface area contributed by atoms with Gasteiger partial charge in [0.2, 0.25) is 11.8 Å². The van der Waals surface area contributed by atoms with E-state index < -0.39 is 6.04 Å². The second-order valence-corrected chi connectivity index (χ2v) is 7.88. The molecule has 0 radical (unpaired) electrons. The van der Waals surface area contributed by atoms with Crippen molar-refractivity contribution in [3.63, 3.8) is 0 Å². The van der Waals surface area contributed by atoms with Crippen LogP contribution in [0.1, 0.15) is 30.5 Å². The minimum Gasteiger partial charge on any atom is -0.367 e. The lowest BCUT2D eigenvalue weighted by Gasteiger charge is -2.19. The molecule has 1 aliphatic rings. The maximum Gasteiger partial charge on any atom is 0.239 e. The van der Waals surface area contributed by atoms with Crippen LogP contribution < -0.4 is 21.3 Å². The first kappa shape index (κ1) is 26.8. The number of halogens is 2. The van der Waals surface area contributed by atoms with E-state index >= 15 is 0 Å². The monoisotopic (exact) mass is 466 g/mol. The third-order valence-electron chi connectivity index (χ3n) is 5.31. The Bertz CT molecular complexity index is 859. The number of nitrogens with two attached hydrogens (primary N) is 1. The summed E-state index contributed by atoms with van der Waals surface area (Å²) in [7, 11) is 0. The maximum absolute atomic E-state index is 12.0. The van der Waals surface area contributed by atoms with Crippen LogP contribution in [0.2, 0.25) is 0 Å². The van der Waals surface area contributed by atoms with Gasteiger partial charge in [-0.1, -0.05) is 56.3 Å². The molecule has 2 amide bonds. The van der Waals surface area contributed by atoms with Crippen LogP contribution in [0.15, 0.2) is 48.5 Å². The first-order chi connectivity index (χ1) is 13.9. The highest BCUT2D eigenvalue weighted by Gasteiger charge is 2.19. The molecular formula is C23H32Cl2N4O2. The second-order valence-electron chi connectivity index (χ2n) is 7.88. The van der Waals surface area contributed by atoms with Crippen molar-refractivity contribution in [2.45, 2.75) is 39.4 Å². The van der Waals surface area contributed by atoms with Crippen molar-refractivity contribution < 1.29 is 9.59 Å². The second kappa shape index (κ2) is 12.5. The average Bonchev–Trinajstić information content (AvgIpc) is 3.13. The molecule has 0 saturated heterocycles. The predicted molar refractivity (Wildman–Crippen MR) is 130 cm³/mol. The predicted octanol–water partition coefficient (Wildman–Crippen LogP) is 2.81. The standard InChI is InChI=1S/C23H30N4O2.2ClH/c1-16(2)22(24)23(29)26-14-21(28)25-13-17-7-9-18(10-8-17)15-27-12-11-19-5-3-4-6-20(19)27;;/h3-10,16,22H,11-15,24H2,1-2H3,(H,25,28)(H,26,29);2*1H/t22-;;/m0../s1. The van der Waals surface area contributed by atoms with Crippen molar-refractivity contribution in [1.29, 1.82) is 0 Å². The maximum atomic E-state index is 12.0. The van der Waals surface area contributed by atoms with Crippen LogP contribution in [0.3, 0.4) is 0 Å². The van der Waals surface area contributed by atoms with Gasteiger partial charge in [-0.3, -0.25) is 9.59 Å². The molecule has 170 valence electrons. The van der Waals surface area contributed by atoms with Gasteiger partial charge in [0.05, 0.1) is 12.6 Å². The van der Waals surface area contributed by atoms with Crippen LogP contribution in [0.4, 0.5) is 5.69 Å². The topological polar surface area (TPSA) is 87.5 Å². The molecule has 0 saturated carbocycles. The summed E-state index contributed by atoms with van der Waals surface area (Å²) in [5.74, 6) is -0.499. The fourth-order valence-electron chi connectivity index (χ4n) is 3.40. The molecule has 2 aromatic carbocycles. The molecule has 1 aliphatic heterocycles. The highest BCUT2D eigenvalue weighted by Crippen LogP contribution is 2.28. The highest BCUT2D eigenvalue weighted by atomic mass is 35.5. The molecule has 0 spiro atoms. The zero-order chi connectivity index (χ0) is 20.8. The fraction of sp³-hybridized carbons (Fsp3) is 0.391. The zero-order valence-corrected chi connectivity index (χ0v) is 19.6. The first-order valence-electron chi connectivity index (χ1n) is 10.1. The first-order valence-corrected chi connectivity index (χ1v) is 10.1. The fourth-order valence-corrected chi connectivity index (χ4v) is 3.40. The van der Waals surface area contributed by atoms with Crippen molar-refractivity contribution >= 4 is 42.3 Å². The number of carbonyl (C=O) groups is 2. The van der Waals surface area contributed by atoms with Gasteiger partial charge in [0, 0.05) is 25.3 Å². The number of nitrogens with zero attached hydrogens (tertiary/aromatic N) is 1. The van der Waals surface area contributed by atoms with Gasteiger partial charge in [0.1, 0.15) is 0 Å². The largest absolute Gasteiger partial charge is 0.367 e. The summed E-state index contributed by atoms with van der Waals surface area (Å²) in [6.45, 7) is 6.03. The Morgan fingerprint density at radius 3 is 2.32 bits per heavy atom. The van der Waals surface area contributed by atoms with Crippen LogP contribution in [-0.2, 0) is 29.1 Å². The SMILES string of the molecule is CC(C)[C@H](N)C(=O)NCC(=O)NCc1ccc(CN2CCc3ccccc32)cc1.Cl.Cl. The number of carbonyl (C=O) groups excluding carboxylic acids is 2. The molecule has 1 atom stereocenters. The van der Waals surface area contributed by atoms with E-state index in [0.29, 0.717) is 6.54 Å². The molecule has 0 aromatic heterocycles. The lowest BCUT2D eigenvalue weighted by molar-refractivity contribution is -0.127. The highest BCUT2D eigenvalue weighted by molar-refractivity contribution is 5.87. The zero-order valence-electron chi connectivity index (χ0n) is 18.0. The molecular weight excluding hydrogens is 435 g/mol. The Morgan fingerprint density at radius 1 is 1.00 bits per heavy atom. The van der Waals surface area contributed by atoms with Crippen LogP contribution in [0, 0.1) is 5.92 Å². The minimum absolute atomic E-state index is 0. The van der Waals surface area contributed by atoms with Gasteiger partial charge in [-0.25, -0.2) is 0 Å². The number of para-hydroxylation sites is 1. The summed E-state index contributed by atoms with van der Waals surface area (Å²) >= 11 is 0. The number of hydrogen-bond acceptors (Lipinski definition) is 4. The number of benzene rings is 2. The third-order valence-corrected chi connectivity index (χ3v) is 5.31. The molecule has 1 heterocycles. The Labute approximate surface area is 196 Å². The molecule has 0 bridgehead atoms. The van der Waals surface area contributed by atoms with Gasteiger partial charge in [0.15, 0.2) is 0 Å². The van der Waals surface area contributed by atoms with Gasteiger partial charge in [-0.2, -0.15) is 0 Å². The molecule has 0 fully saturated rings. The number of amides is 2. The molecule has 31 heavy (non-hydrogen) atoms. The number of anilines is 1. The van der Waals surface area contributed by atoms with E-state index in [-0.39, 0.29) is 49.1 Å².